The first-order valence-corrected chi connectivity index (χ1v) is 7.85. The smallest absolute Gasteiger partial charge is 0.251 e. The van der Waals surface area contributed by atoms with Gasteiger partial charge in [-0.1, -0.05) is 35.9 Å². The molecule has 0 radical (unpaired) electrons. The number of benzene rings is 2. The van der Waals surface area contributed by atoms with Crippen LogP contribution in [-0.2, 0) is 11.4 Å². The van der Waals surface area contributed by atoms with E-state index in [1.54, 1.807) is 18.2 Å². The van der Waals surface area contributed by atoms with E-state index in [4.69, 9.17) is 4.74 Å². The molecule has 0 unspecified atom stereocenters. The van der Waals surface area contributed by atoms with Crippen molar-refractivity contribution in [1.82, 2.24) is 10.6 Å². The second kappa shape index (κ2) is 8.72. The monoisotopic (exact) mass is 326 g/mol. The normalized spacial score (nSPS) is 10.1. The van der Waals surface area contributed by atoms with Crippen LogP contribution in [0.15, 0.2) is 48.5 Å². The van der Waals surface area contributed by atoms with Gasteiger partial charge in [0, 0.05) is 25.6 Å². The minimum Gasteiger partial charge on any atom is -0.489 e. The van der Waals surface area contributed by atoms with Crippen molar-refractivity contribution in [3.05, 3.63) is 65.2 Å². The topological polar surface area (TPSA) is 67.4 Å². The zero-order valence-corrected chi connectivity index (χ0v) is 14.0. The van der Waals surface area contributed by atoms with Crippen molar-refractivity contribution < 1.29 is 14.3 Å². The van der Waals surface area contributed by atoms with Crippen molar-refractivity contribution in [2.75, 3.05) is 13.1 Å². The van der Waals surface area contributed by atoms with Crippen LogP contribution in [0.5, 0.6) is 5.75 Å². The predicted octanol–water partition coefficient (Wildman–Crippen LogP) is 2.44. The fourth-order valence-corrected chi connectivity index (χ4v) is 2.21. The number of amides is 2. The Morgan fingerprint density at radius 3 is 2.50 bits per heavy atom. The molecule has 2 N–H and O–H groups in total. The number of carbonyl (C=O) groups is 2. The largest absolute Gasteiger partial charge is 0.489 e. The molecule has 0 saturated heterocycles. The van der Waals surface area contributed by atoms with Gasteiger partial charge >= 0.3 is 0 Å². The van der Waals surface area contributed by atoms with E-state index in [-0.39, 0.29) is 11.8 Å². The van der Waals surface area contributed by atoms with Gasteiger partial charge in [-0.05, 0) is 30.7 Å². The quantitative estimate of drug-likeness (QED) is 0.768. The van der Waals surface area contributed by atoms with E-state index < -0.39 is 0 Å². The van der Waals surface area contributed by atoms with Crippen LogP contribution < -0.4 is 15.4 Å². The number of hydrogen-bond donors (Lipinski definition) is 2. The van der Waals surface area contributed by atoms with E-state index in [0.717, 1.165) is 5.56 Å². The molecule has 2 amide bonds. The molecule has 2 aromatic carbocycles. The van der Waals surface area contributed by atoms with Gasteiger partial charge in [-0.15, -0.1) is 0 Å². The first kappa shape index (κ1) is 17.5. The third-order valence-corrected chi connectivity index (χ3v) is 3.37. The summed E-state index contributed by atoms with van der Waals surface area (Å²) in [5, 5.41) is 5.38. The molecule has 0 aliphatic carbocycles. The third kappa shape index (κ3) is 5.76. The van der Waals surface area contributed by atoms with E-state index in [0.29, 0.717) is 31.0 Å². The van der Waals surface area contributed by atoms with E-state index in [2.05, 4.69) is 16.7 Å². The Balaban J connectivity index is 1.88. The number of rotatable bonds is 7. The van der Waals surface area contributed by atoms with Crippen molar-refractivity contribution in [3.63, 3.8) is 0 Å². The summed E-state index contributed by atoms with van der Waals surface area (Å²) < 4.78 is 5.76. The second-order valence-corrected chi connectivity index (χ2v) is 5.54. The van der Waals surface area contributed by atoms with Gasteiger partial charge in [0.05, 0.1) is 0 Å². The van der Waals surface area contributed by atoms with Crippen molar-refractivity contribution in [2.24, 2.45) is 0 Å². The van der Waals surface area contributed by atoms with Gasteiger partial charge in [0.1, 0.15) is 12.4 Å². The van der Waals surface area contributed by atoms with Crippen LogP contribution in [0.2, 0.25) is 0 Å². The molecule has 0 aromatic heterocycles. The summed E-state index contributed by atoms with van der Waals surface area (Å²) in [7, 11) is 0. The molecule has 0 bridgehead atoms. The van der Waals surface area contributed by atoms with E-state index in [1.165, 1.54) is 12.5 Å². The number of ether oxygens (including phenoxy) is 1. The lowest BCUT2D eigenvalue weighted by molar-refractivity contribution is -0.118. The molecule has 0 saturated carbocycles. The Morgan fingerprint density at radius 2 is 1.75 bits per heavy atom. The Kier molecular flexibility index (Phi) is 6.37. The Labute approximate surface area is 142 Å². The summed E-state index contributed by atoms with van der Waals surface area (Å²) in [6.07, 6.45) is 0. The van der Waals surface area contributed by atoms with Crippen LogP contribution in [0.4, 0.5) is 0 Å². The minimum absolute atomic E-state index is 0.115. The fraction of sp³-hybridized carbons (Fsp3) is 0.263. The molecule has 0 heterocycles. The molecule has 0 aliphatic heterocycles. The van der Waals surface area contributed by atoms with Crippen molar-refractivity contribution >= 4 is 11.8 Å². The van der Waals surface area contributed by atoms with Gasteiger partial charge in [0.15, 0.2) is 0 Å². The molecule has 0 atom stereocenters. The lowest BCUT2D eigenvalue weighted by Crippen LogP contribution is -2.33. The lowest BCUT2D eigenvalue weighted by Gasteiger charge is -2.09. The highest BCUT2D eigenvalue weighted by atomic mass is 16.5. The van der Waals surface area contributed by atoms with Crippen molar-refractivity contribution in [2.45, 2.75) is 20.5 Å². The molecular weight excluding hydrogens is 304 g/mol. The fourth-order valence-electron chi connectivity index (χ4n) is 2.21. The molecule has 0 fully saturated rings. The minimum atomic E-state index is -0.193. The molecule has 5 nitrogen and oxygen atoms in total. The SMILES string of the molecule is CC(=O)NCCNC(=O)c1cccc(OCc2cccc(C)c2)c1. The summed E-state index contributed by atoms with van der Waals surface area (Å²) in [5.41, 5.74) is 2.79. The van der Waals surface area contributed by atoms with E-state index in [1.807, 2.05) is 31.2 Å². The lowest BCUT2D eigenvalue weighted by atomic mass is 10.1. The summed E-state index contributed by atoms with van der Waals surface area (Å²) in [5.74, 6) is 0.336. The molecule has 24 heavy (non-hydrogen) atoms. The number of nitrogens with one attached hydrogen (secondary N) is 2. The predicted molar refractivity (Wildman–Crippen MR) is 93.0 cm³/mol. The van der Waals surface area contributed by atoms with Crippen molar-refractivity contribution in [1.29, 1.82) is 0 Å². The van der Waals surface area contributed by atoms with Gasteiger partial charge in [0.25, 0.3) is 5.91 Å². The zero-order chi connectivity index (χ0) is 17.4. The highest BCUT2D eigenvalue weighted by Crippen LogP contribution is 2.15. The summed E-state index contributed by atoms with van der Waals surface area (Å²) in [6, 6.07) is 15.2. The van der Waals surface area contributed by atoms with Crippen LogP contribution in [0.3, 0.4) is 0 Å². The molecule has 2 rings (SSSR count). The van der Waals surface area contributed by atoms with Crippen LogP contribution in [0.1, 0.15) is 28.4 Å². The second-order valence-electron chi connectivity index (χ2n) is 5.54. The molecular formula is C19H22N2O3. The van der Waals surface area contributed by atoms with Gasteiger partial charge in [-0.3, -0.25) is 9.59 Å². The van der Waals surface area contributed by atoms with E-state index in [9.17, 15) is 9.59 Å². The Hall–Kier alpha value is -2.82. The van der Waals surface area contributed by atoms with Crippen LogP contribution in [0, 0.1) is 6.92 Å². The molecule has 5 heteroatoms. The zero-order valence-electron chi connectivity index (χ0n) is 14.0. The standard InChI is InChI=1S/C19H22N2O3/c1-14-5-3-6-16(11-14)13-24-18-8-4-7-17(12-18)19(23)21-10-9-20-15(2)22/h3-8,11-12H,9-10,13H2,1-2H3,(H,20,22)(H,21,23). The highest BCUT2D eigenvalue weighted by Gasteiger charge is 2.06. The summed E-state index contributed by atoms with van der Waals surface area (Å²) >= 11 is 0. The average Bonchev–Trinajstić information content (AvgIpc) is 2.57. The van der Waals surface area contributed by atoms with Gasteiger partial charge in [-0.2, -0.15) is 0 Å². The third-order valence-electron chi connectivity index (χ3n) is 3.37. The number of hydrogen-bond acceptors (Lipinski definition) is 3. The molecule has 2 aromatic rings. The molecule has 0 aliphatic rings. The molecule has 126 valence electrons. The molecule has 0 spiro atoms. The van der Waals surface area contributed by atoms with Gasteiger partial charge in [0.2, 0.25) is 5.91 Å². The highest BCUT2D eigenvalue weighted by molar-refractivity contribution is 5.94. The van der Waals surface area contributed by atoms with E-state index >= 15 is 0 Å². The van der Waals surface area contributed by atoms with Gasteiger partial charge in [-0.25, -0.2) is 0 Å². The number of carbonyl (C=O) groups excluding carboxylic acids is 2. The van der Waals surface area contributed by atoms with Crippen LogP contribution in [0.25, 0.3) is 0 Å². The Morgan fingerprint density at radius 1 is 1.00 bits per heavy atom. The average molecular weight is 326 g/mol. The van der Waals surface area contributed by atoms with Gasteiger partial charge < -0.3 is 15.4 Å². The van der Waals surface area contributed by atoms with Crippen LogP contribution >= 0.6 is 0 Å². The summed E-state index contributed by atoms with van der Waals surface area (Å²) in [6.45, 7) is 4.72. The maximum atomic E-state index is 12.1. The first-order valence-electron chi connectivity index (χ1n) is 7.85. The number of aryl methyl sites for hydroxylation is 1. The Bertz CT molecular complexity index is 713. The maximum Gasteiger partial charge on any atom is 0.251 e. The van der Waals surface area contributed by atoms with Crippen LogP contribution in [-0.4, -0.2) is 24.9 Å². The first-order chi connectivity index (χ1) is 11.5. The maximum absolute atomic E-state index is 12.1. The van der Waals surface area contributed by atoms with Crippen molar-refractivity contribution in [3.8, 4) is 5.75 Å². The summed E-state index contributed by atoms with van der Waals surface area (Å²) in [4.78, 5) is 22.9.